The first-order chi connectivity index (χ1) is 13.5. The molecule has 28 heavy (non-hydrogen) atoms. The summed E-state index contributed by atoms with van der Waals surface area (Å²) in [5.74, 6) is -0.193. The van der Waals surface area contributed by atoms with E-state index >= 15 is 0 Å². The van der Waals surface area contributed by atoms with Gasteiger partial charge in [0.05, 0.1) is 17.6 Å². The summed E-state index contributed by atoms with van der Waals surface area (Å²) in [6.07, 6.45) is 3.35. The molecule has 2 atom stereocenters. The fourth-order valence-electron chi connectivity index (χ4n) is 3.73. The standard InChI is InChI=1S/C19H19FN6OS/c1-10-5-15(24-26-8-11(2)22-18(10)26)14-6-17(27)25-9-16(28-19(25)23-14)12-3-4-21-7-13(12)20/h5-6,8-9,12-13,21H,3-4,7H2,1-2H3/t12-,13-/m0/s1. The summed E-state index contributed by atoms with van der Waals surface area (Å²) < 4.78 is 17.5. The fourth-order valence-corrected chi connectivity index (χ4v) is 4.90. The van der Waals surface area contributed by atoms with E-state index < -0.39 is 6.17 Å². The third-order valence-corrected chi connectivity index (χ3v) is 6.27. The van der Waals surface area contributed by atoms with Crippen LogP contribution in [0.3, 0.4) is 0 Å². The lowest BCUT2D eigenvalue weighted by Crippen LogP contribution is -2.36. The number of halogens is 1. The fraction of sp³-hybridized carbons (Fsp3) is 0.368. The molecule has 1 saturated heterocycles. The molecule has 144 valence electrons. The number of hydrogen-bond donors (Lipinski definition) is 1. The highest BCUT2D eigenvalue weighted by atomic mass is 32.1. The van der Waals surface area contributed by atoms with Crippen molar-refractivity contribution in [3.05, 3.63) is 51.0 Å². The Hall–Kier alpha value is -2.65. The van der Waals surface area contributed by atoms with Crippen LogP contribution in [0.4, 0.5) is 4.39 Å². The van der Waals surface area contributed by atoms with Crippen LogP contribution in [-0.2, 0) is 0 Å². The topological polar surface area (TPSA) is 76.6 Å². The zero-order valence-electron chi connectivity index (χ0n) is 15.5. The molecule has 0 amide bonds. The van der Waals surface area contributed by atoms with Crippen LogP contribution < -0.4 is 10.9 Å². The Morgan fingerprint density at radius 1 is 1.21 bits per heavy atom. The number of fused-ring (bicyclic) bond motifs is 2. The summed E-state index contributed by atoms with van der Waals surface area (Å²) in [5.41, 5.74) is 3.56. The molecule has 5 rings (SSSR count). The van der Waals surface area contributed by atoms with Gasteiger partial charge in [-0.3, -0.25) is 9.20 Å². The monoisotopic (exact) mass is 398 g/mol. The summed E-state index contributed by atoms with van der Waals surface area (Å²) in [6.45, 7) is 5.00. The third kappa shape index (κ3) is 2.82. The van der Waals surface area contributed by atoms with Gasteiger partial charge in [-0.25, -0.2) is 18.9 Å². The molecule has 9 heteroatoms. The van der Waals surface area contributed by atoms with Gasteiger partial charge in [-0.15, -0.1) is 11.3 Å². The van der Waals surface area contributed by atoms with Crippen LogP contribution in [0.1, 0.15) is 28.5 Å². The normalized spacial score (nSPS) is 20.2. The van der Waals surface area contributed by atoms with Crippen molar-refractivity contribution in [3.63, 3.8) is 0 Å². The van der Waals surface area contributed by atoms with Gasteiger partial charge in [0.15, 0.2) is 10.6 Å². The first-order valence-electron chi connectivity index (χ1n) is 9.21. The summed E-state index contributed by atoms with van der Waals surface area (Å²) in [7, 11) is 0. The van der Waals surface area contributed by atoms with Gasteiger partial charge in [0.25, 0.3) is 5.56 Å². The van der Waals surface area contributed by atoms with E-state index in [1.165, 1.54) is 21.8 Å². The van der Waals surface area contributed by atoms with Crippen LogP contribution in [0, 0.1) is 13.8 Å². The second kappa shape index (κ2) is 6.46. The number of nitrogens with zero attached hydrogens (tertiary/aromatic N) is 5. The molecule has 0 radical (unpaired) electrons. The molecular formula is C19H19FN6OS. The second-order valence-electron chi connectivity index (χ2n) is 7.24. The van der Waals surface area contributed by atoms with Crippen molar-refractivity contribution >= 4 is 21.9 Å². The maximum atomic E-state index is 14.3. The highest BCUT2D eigenvalue weighted by Crippen LogP contribution is 2.32. The molecule has 0 unspecified atom stereocenters. The molecule has 0 spiro atoms. The van der Waals surface area contributed by atoms with Crippen LogP contribution in [0.25, 0.3) is 22.0 Å². The van der Waals surface area contributed by atoms with E-state index in [4.69, 9.17) is 0 Å². The van der Waals surface area contributed by atoms with Crippen LogP contribution in [0.15, 0.2) is 29.3 Å². The number of alkyl halides is 1. The van der Waals surface area contributed by atoms with E-state index in [0.717, 1.165) is 28.3 Å². The lowest BCUT2D eigenvalue weighted by Gasteiger charge is -2.25. The predicted octanol–water partition coefficient (Wildman–Crippen LogP) is 2.50. The van der Waals surface area contributed by atoms with Gasteiger partial charge in [0.1, 0.15) is 11.9 Å². The minimum Gasteiger partial charge on any atom is -0.314 e. The molecule has 4 aromatic heterocycles. The maximum Gasteiger partial charge on any atom is 0.259 e. The molecule has 0 aromatic carbocycles. The van der Waals surface area contributed by atoms with Crippen molar-refractivity contribution in [2.75, 3.05) is 13.1 Å². The van der Waals surface area contributed by atoms with E-state index in [2.05, 4.69) is 20.4 Å². The van der Waals surface area contributed by atoms with Crippen molar-refractivity contribution in [2.45, 2.75) is 32.4 Å². The van der Waals surface area contributed by atoms with Gasteiger partial charge < -0.3 is 5.32 Å². The van der Waals surface area contributed by atoms with Crippen molar-refractivity contribution in [2.24, 2.45) is 0 Å². The minimum atomic E-state index is -0.951. The zero-order valence-corrected chi connectivity index (χ0v) is 16.3. The Kier molecular flexibility index (Phi) is 4.02. The lowest BCUT2D eigenvalue weighted by molar-refractivity contribution is 0.233. The quantitative estimate of drug-likeness (QED) is 0.561. The van der Waals surface area contributed by atoms with Gasteiger partial charge in [-0.1, -0.05) is 0 Å². The average Bonchev–Trinajstić information content (AvgIpc) is 3.25. The van der Waals surface area contributed by atoms with Gasteiger partial charge in [0, 0.05) is 29.6 Å². The van der Waals surface area contributed by atoms with Gasteiger partial charge in [-0.05, 0) is 38.4 Å². The molecule has 5 heterocycles. The van der Waals surface area contributed by atoms with Crippen molar-refractivity contribution in [1.29, 1.82) is 0 Å². The summed E-state index contributed by atoms with van der Waals surface area (Å²) in [4.78, 5) is 23.2. The number of nitrogens with one attached hydrogen (secondary N) is 1. The van der Waals surface area contributed by atoms with E-state index in [1.807, 2.05) is 26.1 Å². The first-order valence-corrected chi connectivity index (χ1v) is 10.0. The second-order valence-corrected chi connectivity index (χ2v) is 8.28. The molecule has 1 fully saturated rings. The summed E-state index contributed by atoms with van der Waals surface area (Å²) in [6, 6.07) is 3.37. The van der Waals surface area contributed by atoms with Crippen molar-refractivity contribution in [1.82, 2.24) is 29.3 Å². The van der Waals surface area contributed by atoms with Crippen LogP contribution in [0.5, 0.6) is 0 Å². The average molecular weight is 398 g/mol. The molecule has 1 aliphatic rings. The molecule has 0 saturated carbocycles. The number of hydrogen-bond acceptors (Lipinski definition) is 6. The zero-order chi connectivity index (χ0) is 19.4. The molecule has 4 aromatic rings. The molecule has 0 bridgehead atoms. The van der Waals surface area contributed by atoms with Crippen LogP contribution in [0.2, 0.25) is 0 Å². The largest absolute Gasteiger partial charge is 0.314 e. The molecule has 0 aliphatic carbocycles. The van der Waals surface area contributed by atoms with E-state index in [9.17, 15) is 9.18 Å². The summed E-state index contributed by atoms with van der Waals surface area (Å²) >= 11 is 1.38. The third-order valence-electron chi connectivity index (χ3n) is 5.15. The highest BCUT2D eigenvalue weighted by Gasteiger charge is 2.28. The van der Waals surface area contributed by atoms with Crippen molar-refractivity contribution < 1.29 is 4.39 Å². The SMILES string of the molecule is Cc1cn2nc(-c3cc(=O)n4cc([C@H]5CCNC[C@@H]5F)sc4n3)cc(C)c2n1. The number of rotatable bonds is 2. The van der Waals surface area contributed by atoms with Gasteiger partial charge in [0.2, 0.25) is 0 Å². The van der Waals surface area contributed by atoms with Crippen LogP contribution >= 0.6 is 11.3 Å². The van der Waals surface area contributed by atoms with Gasteiger partial charge >= 0.3 is 0 Å². The Morgan fingerprint density at radius 2 is 2.07 bits per heavy atom. The number of imidazole rings is 1. The molecule has 7 nitrogen and oxygen atoms in total. The smallest absolute Gasteiger partial charge is 0.259 e. The number of piperidine rings is 1. The molecular weight excluding hydrogens is 379 g/mol. The Morgan fingerprint density at radius 3 is 2.89 bits per heavy atom. The Labute approximate surface area is 163 Å². The lowest BCUT2D eigenvalue weighted by atomic mass is 9.95. The van der Waals surface area contributed by atoms with Crippen molar-refractivity contribution in [3.8, 4) is 11.4 Å². The number of aromatic nitrogens is 5. The maximum absolute atomic E-state index is 14.3. The first kappa shape index (κ1) is 17.4. The molecule has 1 aliphatic heterocycles. The predicted molar refractivity (Wildman–Crippen MR) is 106 cm³/mol. The van der Waals surface area contributed by atoms with E-state index in [1.54, 1.807) is 10.7 Å². The minimum absolute atomic E-state index is 0.187. The molecule has 1 N–H and O–H groups in total. The highest BCUT2D eigenvalue weighted by molar-refractivity contribution is 7.17. The van der Waals surface area contributed by atoms with E-state index in [-0.39, 0.29) is 11.5 Å². The summed E-state index contributed by atoms with van der Waals surface area (Å²) in [5, 5.41) is 7.62. The Bertz CT molecular complexity index is 1260. The van der Waals surface area contributed by atoms with Crippen LogP contribution in [-0.4, -0.2) is 43.2 Å². The Balaban J connectivity index is 1.62. The number of aryl methyl sites for hydroxylation is 2. The number of thiazole rings is 1. The van der Waals surface area contributed by atoms with Gasteiger partial charge in [-0.2, -0.15) is 5.10 Å². The van der Waals surface area contributed by atoms with E-state index in [0.29, 0.717) is 29.3 Å².